The third-order valence-corrected chi connectivity index (χ3v) is 1.83. The Labute approximate surface area is 89.5 Å². The molecule has 0 aromatic carbocycles. The molecule has 0 saturated heterocycles. The van der Waals surface area contributed by atoms with Crippen LogP contribution in [0, 0.1) is 0 Å². The van der Waals surface area contributed by atoms with E-state index in [1.54, 1.807) is 0 Å². The second-order valence-corrected chi connectivity index (χ2v) is 2.83. The first-order valence-electron chi connectivity index (χ1n) is 3.85. The second-order valence-electron chi connectivity index (χ2n) is 2.39. The van der Waals surface area contributed by atoms with Crippen molar-refractivity contribution >= 4 is 29.0 Å². The lowest BCUT2D eigenvalue weighted by Crippen LogP contribution is -2.20. The molecule has 0 heterocycles. The van der Waals surface area contributed by atoms with Crippen LogP contribution >= 0.6 is 23.0 Å². The third kappa shape index (κ3) is 7.12. The summed E-state index contributed by atoms with van der Waals surface area (Å²) >= 11 is 1.45. The van der Waals surface area contributed by atoms with Gasteiger partial charge in [0.15, 0.2) is 23.0 Å². The van der Waals surface area contributed by atoms with Crippen molar-refractivity contribution in [3.63, 3.8) is 0 Å². The van der Waals surface area contributed by atoms with Crippen molar-refractivity contribution in [2.75, 3.05) is 6.61 Å². The molecule has 0 aliphatic rings. The fourth-order valence-corrected chi connectivity index (χ4v) is 0.799. The summed E-state index contributed by atoms with van der Waals surface area (Å²) in [5.74, 6) is -0.427. The van der Waals surface area contributed by atoms with Gasteiger partial charge in [0, 0.05) is 12.8 Å². The Morgan fingerprint density at radius 1 is 1.54 bits per heavy atom. The summed E-state index contributed by atoms with van der Waals surface area (Å²) in [6.07, 6.45) is -3.09. The van der Waals surface area contributed by atoms with Crippen LogP contribution in [0.1, 0.15) is 26.2 Å². The van der Waals surface area contributed by atoms with E-state index in [1.807, 2.05) is 0 Å². The molecule has 0 radical (unpaired) electrons. The average Bonchev–Trinajstić information content (AvgIpc) is 2.12. The number of halogens is 3. The zero-order chi connectivity index (χ0) is 10.3. The third-order valence-electron chi connectivity index (χ3n) is 1.34. The van der Waals surface area contributed by atoms with Gasteiger partial charge in [-0.1, -0.05) is 6.92 Å². The number of carbonyl (C=O) groups is 1. The molecule has 0 aromatic heterocycles. The van der Waals surface area contributed by atoms with E-state index in [0.717, 1.165) is 0 Å². The van der Waals surface area contributed by atoms with Gasteiger partial charge in [0.25, 0.3) is 0 Å². The first-order valence-corrected chi connectivity index (χ1v) is 4.73. The van der Waals surface area contributed by atoms with Crippen LogP contribution < -0.4 is 0 Å². The zero-order valence-electron chi connectivity index (χ0n) is 7.19. The molecule has 13 heavy (non-hydrogen) atoms. The maximum Gasteiger partial charge on any atom is 0.355 e. The number of rotatable bonds is 6. The van der Waals surface area contributed by atoms with Crippen molar-refractivity contribution in [2.45, 2.75) is 32.3 Å². The van der Waals surface area contributed by atoms with Crippen molar-refractivity contribution in [3.05, 3.63) is 0 Å². The molecule has 0 N–H and O–H groups in total. The highest BCUT2D eigenvalue weighted by Gasteiger charge is 2.26. The SMILES string of the molecule is CCC(F)(F)OCCCC(=O)OI. The van der Waals surface area contributed by atoms with Crippen LogP contribution in [-0.4, -0.2) is 18.7 Å². The number of hydrogen-bond acceptors (Lipinski definition) is 3. The highest BCUT2D eigenvalue weighted by atomic mass is 127. The summed E-state index contributed by atoms with van der Waals surface area (Å²) < 4.78 is 33.4. The number of alkyl halides is 2. The fraction of sp³-hybridized carbons (Fsp3) is 0.857. The zero-order valence-corrected chi connectivity index (χ0v) is 9.34. The molecule has 78 valence electrons. The summed E-state index contributed by atoms with van der Waals surface area (Å²) in [7, 11) is 0. The predicted molar refractivity (Wildman–Crippen MR) is 50.5 cm³/mol. The molecule has 6 heteroatoms. The van der Waals surface area contributed by atoms with Crippen LogP contribution in [0.5, 0.6) is 0 Å². The Bertz CT molecular complexity index is 164. The van der Waals surface area contributed by atoms with Gasteiger partial charge in [-0.05, 0) is 6.42 Å². The molecular weight excluding hydrogens is 297 g/mol. The summed E-state index contributed by atoms with van der Waals surface area (Å²) in [5.41, 5.74) is 0. The molecule has 0 spiro atoms. The van der Waals surface area contributed by atoms with Gasteiger partial charge in [0.1, 0.15) is 0 Å². The van der Waals surface area contributed by atoms with Crippen LogP contribution in [0.2, 0.25) is 0 Å². The van der Waals surface area contributed by atoms with Crippen LogP contribution in [0.3, 0.4) is 0 Å². The van der Waals surface area contributed by atoms with Gasteiger partial charge in [0.05, 0.1) is 6.61 Å². The van der Waals surface area contributed by atoms with E-state index in [4.69, 9.17) is 0 Å². The monoisotopic (exact) mass is 308 g/mol. The molecule has 0 atom stereocenters. The molecule has 0 fully saturated rings. The minimum atomic E-state index is -3.08. The number of hydrogen-bond donors (Lipinski definition) is 0. The molecule has 0 aromatic rings. The second kappa shape index (κ2) is 6.47. The van der Waals surface area contributed by atoms with Crippen molar-refractivity contribution in [1.29, 1.82) is 0 Å². The van der Waals surface area contributed by atoms with Crippen molar-refractivity contribution in [2.24, 2.45) is 0 Å². The first kappa shape index (κ1) is 13.0. The molecule has 0 bridgehead atoms. The van der Waals surface area contributed by atoms with Crippen molar-refractivity contribution in [1.82, 2.24) is 0 Å². The normalized spacial score (nSPS) is 11.4. The Balaban J connectivity index is 3.41. The van der Waals surface area contributed by atoms with Gasteiger partial charge in [0.2, 0.25) is 0 Å². The molecule has 0 saturated carbocycles. The highest BCUT2D eigenvalue weighted by Crippen LogP contribution is 2.19. The van der Waals surface area contributed by atoms with E-state index < -0.39 is 12.1 Å². The van der Waals surface area contributed by atoms with E-state index >= 15 is 0 Å². The molecule has 3 nitrogen and oxygen atoms in total. The Hall–Kier alpha value is 0.0200. The topological polar surface area (TPSA) is 35.5 Å². The van der Waals surface area contributed by atoms with Crippen LogP contribution in [0.15, 0.2) is 0 Å². The van der Waals surface area contributed by atoms with Crippen LogP contribution in [0.25, 0.3) is 0 Å². The number of carbonyl (C=O) groups excluding carboxylic acids is 1. The lowest BCUT2D eigenvalue weighted by molar-refractivity contribution is -0.239. The van der Waals surface area contributed by atoms with Gasteiger partial charge in [-0.15, -0.1) is 0 Å². The number of ether oxygens (including phenoxy) is 1. The Morgan fingerprint density at radius 2 is 2.15 bits per heavy atom. The van der Waals surface area contributed by atoms with E-state index in [2.05, 4.69) is 7.80 Å². The average molecular weight is 308 g/mol. The largest absolute Gasteiger partial charge is 0.394 e. The van der Waals surface area contributed by atoms with E-state index in [9.17, 15) is 13.6 Å². The van der Waals surface area contributed by atoms with Gasteiger partial charge in [-0.3, -0.25) is 4.79 Å². The molecule has 0 aliphatic carbocycles. The van der Waals surface area contributed by atoms with E-state index in [-0.39, 0.29) is 25.9 Å². The summed E-state index contributed by atoms with van der Waals surface area (Å²) in [6.45, 7) is 1.20. The minimum Gasteiger partial charge on any atom is -0.394 e. The minimum absolute atomic E-state index is 0.0999. The quantitative estimate of drug-likeness (QED) is 0.559. The predicted octanol–water partition coefficient (Wildman–Crippen LogP) is 2.68. The summed E-state index contributed by atoms with van der Waals surface area (Å²) in [4.78, 5) is 10.5. The Kier molecular flexibility index (Phi) is 6.48. The standard InChI is InChI=1S/C7H11F2IO3/c1-2-7(8,9)12-5-3-4-6(11)13-10/h2-5H2,1H3. The summed E-state index contributed by atoms with van der Waals surface area (Å²) in [5, 5.41) is 0. The van der Waals surface area contributed by atoms with E-state index in [1.165, 1.54) is 29.9 Å². The van der Waals surface area contributed by atoms with Crippen molar-refractivity contribution in [3.8, 4) is 0 Å². The summed E-state index contributed by atoms with van der Waals surface area (Å²) in [6, 6.07) is 0. The van der Waals surface area contributed by atoms with Gasteiger partial charge in [-0.2, -0.15) is 8.78 Å². The first-order chi connectivity index (χ1) is 6.02. The lowest BCUT2D eigenvalue weighted by Gasteiger charge is -2.13. The van der Waals surface area contributed by atoms with Gasteiger partial charge < -0.3 is 7.80 Å². The van der Waals surface area contributed by atoms with Gasteiger partial charge in [-0.25, -0.2) is 0 Å². The smallest absolute Gasteiger partial charge is 0.355 e. The van der Waals surface area contributed by atoms with Crippen LogP contribution in [-0.2, 0) is 12.6 Å². The fourth-order valence-electron chi connectivity index (χ4n) is 0.579. The lowest BCUT2D eigenvalue weighted by atomic mass is 10.3. The molecule has 0 amide bonds. The highest BCUT2D eigenvalue weighted by molar-refractivity contribution is 14.1. The van der Waals surface area contributed by atoms with E-state index in [0.29, 0.717) is 0 Å². The molecule has 0 aliphatic heterocycles. The molecule has 0 rings (SSSR count). The Morgan fingerprint density at radius 3 is 2.62 bits per heavy atom. The maximum absolute atomic E-state index is 12.4. The van der Waals surface area contributed by atoms with Crippen molar-refractivity contribution < 1.29 is 21.4 Å². The van der Waals surface area contributed by atoms with Gasteiger partial charge >= 0.3 is 12.1 Å². The van der Waals surface area contributed by atoms with Crippen LogP contribution in [0.4, 0.5) is 8.78 Å². The molecular formula is C7H11F2IO3. The maximum atomic E-state index is 12.4. The molecule has 0 unspecified atom stereocenters.